The van der Waals surface area contributed by atoms with Gasteiger partial charge in [-0.3, -0.25) is 9.78 Å². The molecule has 2 heterocycles. The van der Waals surface area contributed by atoms with Crippen molar-refractivity contribution in [1.82, 2.24) is 30.5 Å². The van der Waals surface area contributed by atoms with Crippen molar-refractivity contribution in [3.05, 3.63) is 66.2 Å². The zero-order valence-corrected chi connectivity index (χ0v) is 11.9. The average Bonchev–Trinajstić information content (AvgIpc) is 3.10. The van der Waals surface area contributed by atoms with Gasteiger partial charge in [-0.05, 0) is 47.7 Å². The normalized spacial score (nSPS) is 11.9. The third kappa shape index (κ3) is 2.98. The average molecular weight is 294 g/mol. The number of rotatable bonds is 4. The molecule has 7 nitrogen and oxygen atoms in total. The van der Waals surface area contributed by atoms with Crippen LogP contribution in [0.1, 0.15) is 29.0 Å². The van der Waals surface area contributed by atoms with Crippen LogP contribution in [0.3, 0.4) is 0 Å². The molecule has 0 aliphatic rings. The van der Waals surface area contributed by atoms with Crippen LogP contribution in [0.25, 0.3) is 5.69 Å². The van der Waals surface area contributed by atoms with Crippen molar-refractivity contribution >= 4 is 5.91 Å². The molecule has 0 spiro atoms. The van der Waals surface area contributed by atoms with Crippen LogP contribution in [-0.2, 0) is 0 Å². The van der Waals surface area contributed by atoms with Gasteiger partial charge in [-0.15, -0.1) is 5.10 Å². The van der Waals surface area contributed by atoms with Crippen molar-refractivity contribution in [2.75, 3.05) is 0 Å². The van der Waals surface area contributed by atoms with E-state index in [-0.39, 0.29) is 11.9 Å². The highest BCUT2D eigenvalue weighted by Crippen LogP contribution is 2.12. The third-order valence-corrected chi connectivity index (χ3v) is 3.20. The van der Waals surface area contributed by atoms with Crippen LogP contribution in [0.15, 0.2) is 55.0 Å². The summed E-state index contributed by atoms with van der Waals surface area (Å²) in [6.45, 7) is 1.89. The molecule has 0 radical (unpaired) electrons. The largest absolute Gasteiger partial charge is 0.344 e. The maximum absolute atomic E-state index is 12.4. The highest BCUT2D eigenvalue weighted by molar-refractivity contribution is 5.94. The van der Waals surface area contributed by atoms with E-state index in [4.69, 9.17) is 0 Å². The summed E-state index contributed by atoms with van der Waals surface area (Å²) in [4.78, 5) is 16.6. The molecule has 0 aliphatic heterocycles. The number of amides is 1. The van der Waals surface area contributed by atoms with Crippen LogP contribution >= 0.6 is 0 Å². The number of benzene rings is 1. The monoisotopic (exact) mass is 294 g/mol. The number of hydrogen-bond acceptors (Lipinski definition) is 5. The Morgan fingerprint density at radius 3 is 2.86 bits per heavy atom. The molecule has 0 saturated carbocycles. The molecule has 7 heteroatoms. The Morgan fingerprint density at radius 2 is 2.14 bits per heavy atom. The predicted octanol–water partition coefficient (Wildman–Crippen LogP) is 1.55. The van der Waals surface area contributed by atoms with Crippen LogP contribution in [-0.4, -0.2) is 31.1 Å². The van der Waals surface area contributed by atoms with Gasteiger partial charge in [0.05, 0.1) is 17.4 Å². The molecule has 1 N–H and O–H groups in total. The van der Waals surface area contributed by atoms with Crippen LogP contribution in [0.4, 0.5) is 0 Å². The number of carbonyl (C=O) groups excluding carboxylic acids is 1. The van der Waals surface area contributed by atoms with E-state index in [2.05, 4.69) is 25.8 Å². The predicted molar refractivity (Wildman–Crippen MR) is 79.3 cm³/mol. The molecule has 0 fully saturated rings. The quantitative estimate of drug-likeness (QED) is 0.789. The molecular formula is C15H14N6O. The second kappa shape index (κ2) is 6.13. The Kier molecular flexibility index (Phi) is 3.86. The lowest BCUT2D eigenvalue weighted by molar-refractivity contribution is 0.0939. The molecule has 1 aromatic carbocycles. The molecule has 3 aromatic rings. The topological polar surface area (TPSA) is 85.6 Å². The minimum Gasteiger partial charge on any atom is -0.344 e. The fraction of sp³-hybridized carbons (Fsp3) is 0.133. The first-order valence-corrected chi connectivity index (χ1v) is 6.79. The van der Waals surface area contributed by atoms with Gasteiger partial charge < -0.3 is 5.32 Å². The summed E-state index contributed by atoms with van der Waals surface area (Å²) >= 11 is 0. The summed E-state index contributed by atoms with van der Waals surface area (Å²) in [5, 5.41) is 13.9. The SMILES string of the molecule is CC(NC(=O)c1cccc(-n2cnnn2)c1)c1ccccn1. The van der Waals surface area contributed by atoms with E-state index in [1.54, 1.807) is 24.4 Å². The number of nitrogens with one attached hydrogen (secondary N) is 1. The van der Waals surface area contributed by atoms with E-state index in [0.29, 0.717) is 5.56 Å². The highest BCUT2D eigenvalue weighted by Gasteiger charge is 2.13. The molecule has 1 amide bonds. The zero-order valence-electron chi connectivity index (χ0n) is 11.9. The van der Waals surface area contributed by atoms with E-state index in [0.717, 1.165) is 11.4 Å². The van der Waals surface area contributed by atoms with E-state index in [1.165, 1.54) is 11.0 Å². The van der Waals surface area contributed by atoms with Crippen LogP contribution < -0.4 is 5.32 Å². The molecule has 1 unspecified atom stereocenters. The van der Waals surface area contributed by atoms with Crippen molar-refractivity contribution < 1.29 is 4.79 Å². The number of pyridine rings is 1. The first-order valence-electron chi connectivity index (χ1n) is 6.79. The van der Waals surface area contributed by atoms with Crippen molar-refractivity contribution in [1.29, 1.82) is 0 Å². The van der Waals surface area contributed by atoms with Gasteiger partial charge in [0.25, 0.3) is 5.91 Å². The maximum Gasteiger partial charge on any atom is 0.251 e. The number of hydrogen-bond donors (Lipinski definition) is 1. The number of tetrazole rings is 1. The molecule has 110 valence electrons. The maximum atomic E-state index is 12.4. The molecule has 22 heavy (non-hydrogen) atoms. The first kappa shape index (κ1) is 13.9. The molecule has 2 aromatic heterocycles. The standard InChI is InChI=1S/C15H14N6O/c1-11(14-7-2-3-8-16-14)18-15(22)12-5-4-6-13(9-12)21-10-17-19-20-21/h2-11H,1H3,(H,18,22). The molecule has 0 aliphatic carbocycles. The smallest absolute Gasteiger partial charge is 0.251 e. The van der Waals surface area contributed by atoms with Gasteiger partial charge in [-0.2, -0.15) is 0 Å². The summed E-state index contributed by atoms with van der Waals surface area (Å²) in [6.07, 6.45) is 3.18. The van der Waals surface area contributed by atoms with Gasteiger partial charge in [0.1, 0.15) is 6.33 Å². The van der Waals surface area contributed by atoms with Crippen molar-refractivity contribution in [2.24, 2.45) is 0 Å². The second-order valence-corrected chi connectivity index (χ2v) is 4.75. The number of aromatic nitrogens is 5. The molecule has 0 saturated heterocycles. The van der Waals surface area contributed by atoms with Crippen molar-refractivity contribution in [2.45, 2.75) is 13.0 Å². The Balaban J connectivity index is 1.77. The van der Waals surface area contributed by atoms with Gasteiger partial charge in [-0.25, -0.2) is 4.68 Å². The Hall–Kier alpha value is -3.09. The first-order chi connectivity index (χ1) is 10.7. The zero-order chi connectivity index (χ0) is 15.4. The Bertz CT molecular complexity index is 757. The van der Waals surface area contributed by atoms with Gasteiger partial charge in [-0.1, -0.05) is 12.1 Å². The van der Waals surface area contributed by atoms with Crippen LogP contribution in [0, 0.1) is 0 Å². The molecule has 0 bridgehead atoms. The van der Waals surface area contributed by atoms with Gasteiger partial charge >= 0.3 is 0 Å². The van der Waals surface area contributed by atoms with E-state index in [9.17, 15) is 4.79 Å². The second-order valence-electron chi connectivity index (χ2n) is 4.75. The summed E-state index contributed by atoms with van der Waals surface area (Å²) in [7, 11) is 0. The van der Waals surface area contributed by atoms with Crippen LogP contribution in [0.2, 0.25) is 0 Å². The lowest BCUT2D eigenvalue weighted by atomic mass is 10.1. The van der Waals surface area contributed by atoms with E-state index < -0.39 is 0 Å². The number of nitrogens with zero attached hydrogens (tertiary/aromatic N) is 5. The summed E-state index contributed by atoms with van der Waals surface area (Å²) < 4.78 is 1.50. The minimum atomic E-state index is -0.176. The summed E-state index contributed by atoms with van der Waals surface area (Å²) in [5.74, 6) is -0.173. The minimum absolute atomic E-state index is 0.173. The Morgan fingerprint density at radius 1 is 1.23 bits per heavy atom. The van der Waals surface area contributed by atoms with E-state index in [1.807, 2.05) is 31.2 Å². The molecule has 1 atom stereocenters. The fourth-order valence-electron chi connectivity index (χ4n) is 2.06. The van der Waals surface area contributed by atoms with Crippen molar-refractivity contribution in [3.63, 3.8) is 0 Å². The summed E-state index contributed by atoms with van der Waals surface area (Å²) in [6, 6.07) is 12.5. The molecular weight excluding hydrogens is 280 g/mol. The van der Waals surface area contributed by atoms with Gasteiger partial charge in [0, 0.05) is 11.8 Å². The van der Waals surface area contributed by atoms with E-state index >= 15 is 0 Å². The number of carbonyl (C=O) groups is 1. The lowest BCUT2D eigenvalue weighted by Gasteiger charge is -2.13. The third-order valence-electron chi connectivity index (χ3n) is 3.20. The van der Waals surface area contributed by atoms with Crippen LogP contribution in [0.5, 0.6) is 0 Å². The van der Waals surface area contributed by atoms with Crippen molar-refractivity contribution in [3.8, 4) is 5.69 Å². The highest BCUT2D eigenvalue weighted by atomic mass is 16.1. The molecule has 3 rings (SSSR count). The lowest BCUT2D eigenvalue weighted by Crippen LogP contribution is -2.27. The Labute approximate surface area is 127 Å². The fourth-order valence-corrected chi connectivity index (χ4v) is 2.06. The summed E-state index contributed by atoms with van der Waals surface area (Å²) in [5.41, 5.74) is 2.08. The van der Waals surface area contributed by atoms with Gasteiger partial charge in [0.2, 0.25) is 0 Å². The van der Waals surface area contributed by atoms with Gasteiger partial charge in [0.15, 0.2) is 0 Å².